The number of pyridine rings is 1. The number of ether oxygens (including phenoxy) is 3. The van der Waals surface area contributed by atoms with Crippen molar-refractivity contribution in [3.63, 3.8) is 0 Å². The normalized spacial score (nSPS) is 17.2. The summed E-state index contributed by atoms with van der Waals surface area (Å²) < 4.78 is 32.7. The maximum absolute atomic E-state index is 15.3. The molecule has 0 fully saturated rings. The summed E-state index contributed by atoms with van der Waals surface area (Å²) in [4.78, 5) is 15.4. The van der Waals surface area contributed by atoms with Crippen molar-refractivity contribution in [1.29, 1.82) is 0 Å². The van der Waals surface area contributed by atoms with E-state index in [1.54, 1.807) is 25.4 Å². The van der Waals surface area contributed by atoms with E-state index in [-0.39, 0.29) is 18.2 Å². The van der Waals surface area contributed by atoms with Crippen LogP contribution in [0.5, 0.6) is 17.4 Å². The largest absolute Gasteiger partial charge is 0.492 e. The Hall–Kier alpha value is -4.39. The topological polar surface area (TPSA) is 77.9 Å². The van der Waals surface area contributed by atoms with Crippen molar-refractivity contribution in [2.45, 2.75) is 45.1 Å². The molecule has 0 saturated carbocycles. The lowest BCUT2D eigenvalue weighted by Crippen LogP contribution is -2.07. The third kappa shape index (κ3) is 4.66. The predicted molar refractivity (Wildman–Crippen MR) is 150 cm³/mol. The summed E-state index contributed by atoms with van der Waals surface area (Å²) in [7, 11) is 1.60. The first-order chi connectivity index (χ1) is 19.3. The number of rotatable bonds is 7. The highest BCUT2D eigenvalue weighted by atomic mass is 19.1. The van der Waals surface area contributed by atoms with Crippen LogP contribution in [0.25, 0.3) is 22.3 Å². The number of fused-ring (bicyclic) bond motifs is 2. The van der Waals surface area contributed by atoms with Gasteiger partial charge in [-0.05, 0) is 83.8 Å². The molecule has 0 amide bonds. The number of aryl methyl sites for hydroxylation is 2. The van der Waals surface area contributed by atoms with Crippen molar-refractivity contribution in [2.24, 2.45) is 0 Å². The quantitative estimate of drug-likeness (QED) is 0.268. The number of aromatic nitrogens is 1. The number of hydrogen-bond donors (Lipinski definition) is 1. The van der Waals surface area contributed by atoms with Gasteiger partial charge in [0.05, 0.1) is 20.1 Å². The minimum absolute atomic E-state index is 0.0216. The van der Waals surface area contributed by atoms with E-state index in [0.717, 1.165) is 44.5 Å². The highest BCUT2D eigenvalue weighted by Crippen LogP contribution is 2.45. The Balaban J connectivity index is 1.31. The summed E-state index contributed by atoms with van der Waals surface area (Å²) in [5.74, 6) is 0.488. The summed E-state index contributed by atoms with van der Waals surface area (Å²) in [6.45, 7) is 4.51. The highest BCUT2D eigenvalue weighted by molar-refractivity contribution is 5.80. The highest BCUT2D eigenvalue weighted by Gasteiger charge is 2.32. The lowest BCUT2D eigenvalue weighted by molar-refractivity contribution is -0.137. The maximum atomic E-state index is 15.3. The van der Waals surface area contributed by atoms with Crippen LogP contribution in [0.15, 0.2) is 60.8 Å². The molecule has 1 aliphatic carbocycles. The van der Waals surface area contributed by atoms with Crippen molar-refractivity contribution in [3.05, 3.63) is 94.4 Å². The molecule has 4 aromatic rings. The van der Waals surface area contributed by atoms with Gasteiger partial charge in [-0.3, -0.25) is 4.79 Å². The molecule has 6 rings (SSSR count). The number of benzene rings is 3. The molecule has 2 unspecified atom stereocenters. The first-order valence-corrected chi connectivity index (χ1v) is 13.4. The predicted octanol–water partition coefficient (Wildman–Crippen LogP) is 7.20. The molecule has 2 heterocycles. The Morgan fingerprint density at radius 3 is 2.62 bits per heavy atom. The second-order valence-corrected chi connectivity index (χ2v) is 10.5. The zero-order valence-corrected chi connectivity index (χ0v) is 22.7. The van der Waals surface area contributed by atoms with Crippen molar-refractivity contribution < 1.29 is 28.5 Å². The molecule has 2 atom stereocenters. The molecule has 3 aromatic carbocycles. The molecular weight excluding hydrogens is 509 g/mol. The van der Waals surface area contributed by atoms with Gasteiger partial charge < -0.3 is 19.3 Å². The van der Waals surface area contributed by atoms with E-state index >= 15 is 4.39 Å². The van der Waals surface area contributed by atoms with E-state index in [1.165, 1.54) is 0 Å². The molecule has 7 heteroatoms. The molecular formula is C33H30FNO5. The van der Waals surface area contributed by atoms with Crippen LogP contribution in [0.2, 0.25) is 0 Å². The monoisotopic (exact) mass is 539 g/mol. The Morgan fingerprint density at radius 2 is 1.88 bits per heavy atom. The fraction of sp³-hybridized carbons (Fsp3) is 0.273. The molecule has 1 aliphatic heterocycles. The molecule has 2 aliphatic rings. The zero-order valence-electron chi connectivity index (χ0n) is 22.7. The summed E-state index contributed by atoms with van der Waals surface area (Å²) in [5.41, 5.74) is 8.90. The van der Waals surface area contributed by atoms with Gasteiger partial charge in [-0.1, -0.05) is 24.3 Å². The number of carboxylic acids is 1. The molecule has 0 spiro atoms. The van der Waals surface area contributed by atoms with Crippen molar-refractivity contribution in [3.8, 4) is 39.6 Å². The Bertz CT molecular complexity index is 1610. The van der Waals surface area contributed by atoms with Gasteiger partial charge in [0, 0.05) is 35.4 Å². The van der Waals surface area contributed by atoms with Gasteiger partial charge in [-0.15, -0.1) is 0 Å². The van der Waals surface area contributed by atoms with Crippen molar-refractivity contribution in [1.82, 2.24) is 4.98 Å². The second-order valence-electron chi connectivity index (χ2n) is 10.5. The number of aliphatic carboxylic acids is 1. The summed E-state index contributed by atoms with van der Waals surface area (Å²) >= 11 is 0. The van der Waals surface area contributed by atoms with Gasteiger partial charge in [-0.25, -0.2) is 9.37 Å². The molecule has 1 N–H and O–H groups in total. The zero-order chi connectivity index (χ0) is 28.0. The third-order valence-electron chi connectivity index (χ3n) is 7.93. The van der Waals surface area contributed by atoms with Crippen LogP contribution in [0, 0.1) is 19.7 Å². The van der Waals surface area contributed by atoms with Crippen LogP contribution in [0.1, 0.15) is 52.7 Å². The lowest BCUT2D eigenvalue weighted by Gasteiger charge is -2.19. The number of carboxylic acid groups (broad SMARTS) is 1. The fourth-order valence-electron chi connectivity index (χ4n) is 6.16. The van der Waals surface area contributed by atoms with Gasteiger partial charge >= 0.3 is 5.97 Å². The van der Waals surface area contributed by atoms with Crippen LogP contribution in [0.4, 0.5) is 4.39 Å². The van der Waals surface area contributed by atoms with Crippen LogP contribution in [-0.4, -0.2) is 29.8 Å². The van der Waals surface area contributed by atoms with Gasteiger partial charge in [0.1, 0.15) is 23.4 Å². The van der Waals surface area contributed by atoms with Gasteiger partial charge in [-0.2, -0.15) is 0 Å². The number of nitrogens with zero attached hydrogens (tertiary/aromatic N) is 1. The number of halogens is 1. The second kappa shape index (κ2) is 10.3. The van der Waals surface area contributed by atoms with Gasteiger partial charge in [0.25, 0.3) is 0 Å². The number of methoxy groups -OCH3 is 1. The van der Waals surface area contributed by atoms with E-state index in [1.807, 2.05) is 30.3 Å². The smallest absolute Gasteiger partial charge is 0.304 e. The number of hydrogen-bond acceptors (Lipinski definition) is 5. The average Bonchev–Trinajstić information content (AvgIpc) is 3.54. The van der Waals surface area contributed by atoms with Gasteiger partial charge in [0.2, 0.25) is 5.88 Å². The van der Waals surface area contributed by atoms with Crippen LogP contribution < -0.4 is 14.2 Å². The molecule has 6 nitrogen and oxygen atoms in total. The minimum atomic E-state index is -0.853. The first-order valence-electron chi connectivity index (χ1n) is 13.4. The van der Waals surface area contributed by atoms with E-state index in [4.69, 9.17) is 19.3 Å². The fourth-order valence-corrected chi connectivity index (χ4v) is 6.16. The van der Waals surface area contributed by atoms with Gasteiger partial charge in [0.15, 0.2) is 0 Å². The molecule has 0 radical (unpaired) electrons. The summed E-state index contributed by atoms with van der Waals surface area (Å²) in [6.07, 6.45) is 2.70. The molecule has 1 aromatic heterocycles. The molecule has 0 saturated heterocycles. The third-order valence-corrected chi connectivity index (χ3v) is 7.93. The summed E-state index contributed by atoms with van der Waals surface area (Å²) in [5, 5.41) is 9.16. The van der Waals surface area contributed by atoms with Crippen LogP contribution in [0.3, 0.4) is 0 Å². The van der Waals surface area contributed by atoms with Crippen molar-refractivity contribution >= 4 is 5.97 Å². The van der Waals surface area contributed by atoms with Crippen molar-refractivity contribution in [2.75, 3.05) is 13.7 Å². The standard InChI is InChI=1S/C33H30FNO5/c1-18-12-21(20-10-11-35-30(14-20)38-3)13-19(2)32(18)25-6-8-27(34)33-26(25)7-9-28(33)40-23-4-5-24-22(15-31(36)37)17-39-29(24)16-23/h4-6,8,10-14,16,22,28H,7,9,15,17H2,1-3H3,(H,36,37). The molecule has 40 heavy (non-hydrogen) atoms. The Kier molecular flexibility index (Phi) is 6.66. The maximum Gasteiger partial charge on any atom is 0.304 e. The average molecular weight is 540 g/mol. The Morgan fingerprint density at radius 1 is 1.07 bits per heavy atom. The van der Waals surface area contributed by atoms with Crippen LogP contribution in [-0.2, 0) is 11.2 Å². The Labute approximate surface area is 232 Å². The van der Waals surface area contributed by atoms with Crippen LogP contribution >= 0.6 is 0 Å². The van der Waals surface area contributed by atoms with E-state index in [0.29, 0.717) is 42.4 Å². The van der Waals surface area contributed by atoms with E-state index in [9.17, 15) is 4.79 Å². The summed E-state index contributed by atoms with van der Waals surface area (Å²) in [6, 6.07) is 17.1. The SMILES string of the molecule is COc1cc(-c2cc(C)c(-c3ccc(F)c4c3CCC4Oc3ccc4c(c3)OCC4CC(=O)O)c(C)c2)ccn1. The minimum Gasteiger partial charge on any atom is -0.492 e. The first kappa shape index (κ1) is 25.9. The lowest BCUT2D eigenvalue weighted by atomic mass is 9.88. The number of carbonyl (C=O) groups is 1. The molecule has 0 bridgehead atoms. The van der Waals surface area contributed by atoms with E-state index in [2.05, 4.69) is 31.0 Å². The molecule has 204 valence electrons. The van der Waals surface area contributed by atoms with E-state index < -0.39 is 12.1 Å².